The molecule has 1 aliphatic rings. The van der Waals surface area contributed by atoms with Crippen LogP contribution in [0.1, 0.15) is 38.2 Å². The van der Waals surface area contributed by atoms with Crippen LogP contribution in [0.2, 0.25) is 0 Å². The first-order chi connectivity index (χ1) is 11.7. The molecule has 1 N–H and O–H groups in total. The fraction of sp³-hybridized carbons (Fsp3) is 0.400. The molecule has 124 valence electrons. The van der Waals surface area contributed by atoms with Crippen molar-refractivity contribution in [2.75, 3.05) is 5.32 Å². The Hall–Kier alpha value is -2.36. The van der Waals surface area contributed by atoms with Gasteiger partial charge in [0.25, 0.3) is 0 Å². The van der Waals surface area contributed by atoms with Gasteiger partial charge >= 0.3 is 0 Å². The van der Waals surface area contributed by atoms with Gasteiger partial charge < -0.3 is 5.32 Å². The smallest absolute Gasteiger partial charge is 0.154 e. The third-order valence-corrected chi connectivity index (χ3v) is 5.04. The summed E-state index contributed by atoms with van der Waals surface area (Å²) < 4.78 is 1.95. The highest BCUT2D eigenvalue weighted by atomic mass is 15.3. The summed E-state index contributed by atoms with van der Waals surface area (Å²) in [5, 5.41) is 8.41. The van der Waals surface area contributed by atoms with E-state index in [1.165, 1.54) is 31.2 Å². The van der Waals surface area contributed by atoms with E-state index in [2.05, 4.69) is 48.4 Å². The average molecular weight is 320 g/mol. The summed E-state index contributed by atoms with van der Waals surface area (Å²) in [7, 11) is 0. The second kappa shape index (κ2) is 6.27. The van der Waals surface area contributed by atoms with Crippen LogP contribution < -0.4 is 5.32 Å². The van der Waals surface area contributed by atoms with Gasteiger partial charge in [0.2, 0.25) is 0 Å². The molecule has 0 aliphatic heterocycles. The highest BCUT2D eigenvalue weighted by molar-refractivity contribution is 5.64. The van der Waals surface area contributed by atoms with Crippen LogP contribution >= 0.6 is 0 Å². The lowest BCUT2D eigenvalue weighted by molar-refractivity contribution is 0.360. The number of fused-ring (bicyclic) bond motifs is 1. The van der Waals surface area contributed by atoms with Gasteiger partial charge in [0.15, 0.2) is 5.65 Å². The SMILES string of the molecule is Cc1cccc(-c2cnc3ccc(NC4CCC(C)CC4)nn23)c1. The number of aromatic nitrogens is 3. The fourth-order valence-electron chi connectivity index (χ4n) is 3.57. The molecule has 1 aromatic carbocycles. The van der Waals surface area contributed by atoms with Gasteiger partial charge in [-0.3, -0.25) is 0 Å². The van der Waals surface area contributed by atoms with Crippen molar-refractivity contribution in [2.45, 2.75) is 45.6 Å². The maximum Gasteiger partial charge on any atom is 0.154 e. The summed E-state index contributed by atoms with van der Waals surface area (Å²) in [6.07, 6.45) is 6.98. The third kappa shape index (κ3) is 3.01. The van der Waals surface area contributed by atoms with Crippen molar-refractivity contribution < 1.29 is 0 Å². The van der Waals surface area contributed by atoms with Crippen molar-refractivity contribution in [1.82, 2.24) is 14.6 Å². The van der Waals surface area contributed by atoms with E-state index in [9.17, 15) is 0 Å². The number of aryl methyl sites for hydroxylation is 1. The molecule has 1 aliphatic carbocycles. The monoisotopic (exact) mass is 320 g/mol. The molecular weight excluding hydrogens is 296 g/mol. The van der Waals surface area contributed by atoms with E-state index in [1.807, 2.05) is 22.8 Å². The molecule has 4 heteroatoms. The van der Waals surface area contributed by atoms with Gasteiger partial charge in [-0.25, -0.2) is 9.50 Å². The Balaban J connectivity index is 1.63. The lowest BCUT2D eigenvalue weighted by Crippen LogP contribution is -2.25. The number of imidazole rings is 1. The number of hydrogen-bond donors (Lipinski definition) is 1. The minimum Gasteiger partial charge on any atom is -0.366 e. The molecule has 1 saturated carbocycles. The summed E-state index contributed by atoms with van der Waals surface area (Å²) in [4.78, 5) is 4.50. The first-order valence-electron chi connectivity index (χ1n) is 8.87. The third-order valence-electron chi connectivity index (χ3n) is 5.04. The Kier molecular flexibility index (Phi) is 3.97. The number of hydrogen-bond acceptors (Lipinski definition) is 3. The number of anilines is 1. The van der Waals surface area contributed by atoms with E-state index >= 15 is 0 Å². The van der Waals surface area contributed by atoms with Crippen molar-refractivity contribution in [3.63, 3.8) is 0 Å². The molecule has 0 spiro atoms. The minimum atomic E-state index is 0.539. The van der Waals surface area contributed by atoms with Crippen LogP contribution in [-0.2, 0) is 0 Å². The predicted molar refractivity (Wildman–Crippen MR) is 98.2 cm³/mol. The van der Waals surface area contributed by atoms with E-state index in [-0.39, 0.29) is 0 Å². The summed E-state index contributed by atoms with van der Waals surface area (Å²) in [5.41, 5.74) is 4.32. The topological polar surface area (TPSA) is 42.2 Å². The number of benzene rings is 1. The van der Waals surface area contributed by atoms with E-state index in [1.54, 1.807) is 0 Å². The Labute approximate surface area is 142 Å². The number of rotatable bonds is 3. The van der Waals surface area contributed by atoms with Crippen LogP contribution in [-0.4, -0.2) is 20.6 Å². The second-order valence-electron chi connectivity index (χ2n) is 7.10. The maximum atomic E-state index is 4.80. The number of nitrogens with one attached hydrogen (secondary N) is 1. The molecule has 4 rings (SSSR count). The Morgan fingerprint density at radius 3 is 2.71 bits per heavy atom. The highest BCUT2D eigenvalue weighted by Crippen LogP contribution is 2.26. The summed E-state index contributed by atoms with van der Waals surface area (Å²) >= 11 is 0. The predicted octanol–water partition coefficient (Wildman–Crippen LogP) is 4.70. The van der Waals surface area contributed by atoms with Crippen molar-refractivity contribution in [3.05, 3.63) is 48.2 Å². The zero-order valence-corrected chi connectivity index (χ0v) is 14.4. The zero-order valence-electron chi connectivity index (χ0n) is 14.4. The Morgan fingerprint density at radius 2 is 1.92 bits per heavy atom. The molecule has 2 heterocycles. The van der Waals surface area contributed by atoms with Gasteiger partial charge in [-0.05, 0) is 56.7 Å². The lowest BCUT2D eigenvalue weighted by atomic mass is 9.87. The molecule has 1 fully saturated rings. The van der Waals surface area contributed by atoms with E-state index in [0.717, 1.165) is 28.6 Å². The molecule has 24 heavy (non-hydrogen) atoms. The van der Waals surface area contributed by atoms with Gasteiger partial charge in [-0.15, -0.1) is 5.10 Å². The van der Waals surface area contributed by atoms with Crippen LogP contribution in [0.25, 0.3) is 16.9 Å². The van der Waals surface area contributed by atoms with E-state index in [0.29, 0.717) is 6.04 Å². The lowest BCUT2D eigenvalue weighted by Gasteiger charge is -2.27. The molecule has 0 atom stereocenters. The molecule has 4 nitrogen and oxygen atoms in total. The van der Waals surface area contributed by atoms with Crippen LogP contribution in [0.5, 0.6) is 0 Å². The van der Waals surface area contributed by atoms with Crippen molar-refractivity contribution in [2.24, 2.45) is 5.92 Å². The molecule has 0 bridgehead atoms. The van der Waals surface area contributed by atoms with Crippen molar-refractivity contribution in [1.29, 1.82) is 0 Å². The van der Waals surface area contributed by atoms with Crippen molar-refractivity contribution in [3.8, 4) is 11.3 Å². The van der Waals surface area contributed by atoms with Gasteiger partial charge in [0.1, 0.15) is 5.82 Å². The molecular formula is C20H24N4. The quantitative estimate of drug-likeness (QED) is 0.761. The Bertz CT molecular complexity index is 844. The molecule has 3 aromatic rings. The summed E-state index contributed by atoms with van der Waals surface area (Å²) in [6, 6.07) is 13.1. The van der Waals surface area contributed by atoms with E-state index < -0.39 is 0 Å². The summed E-state index contributed by atoms with van der Waals surface area (Å²) in [6.45, 7) is 4.46. The highest BCUT2D eigenvalue weighted by Gasteiger charge is 2.18. The molecule has 2 aromatic heterocycles. The Morgan fingerprint density at radius 1 is 1.08 bits per heavy atom. The molecule has 0 amide bonds. The van der Waals surface area contributed by atoms with Crippen LogP contribution in [0.4, 0.5) is 5.82 Å². The molecule has 0 radical (unpaired) electrons. The molecule has 0 unspecified atom stereocenters. The van der Waals surface area contributed by atoms with Crippen LogP contribution in [0.3, 0.4) is 0 Å². The van der Waals surface area contributed by atoms with Crippen molar-refractivity contribution >= 4 is 11.5 Å². The largest absolute Gasteiger partial charge is 0.366 e. The minimum absolute atomic E-state index is 0.539. The summed E-state index contributed by atoms with van der Waals surface area (Å²) in [5.74, 6) is 1.80. The van der Waals surface area contributed by atoms with Gasteiger partial charge in [-0.2, -0.15) is 0 Å². The second-order valence-corrected chi connectivity index (χ2v) is 7.10. The molecule has 0 saturated heterocycles. The zero-order chi connectivity index (χ0) is 16.5. The van der Waals surface area contributed by atoms with Crippen LogP contribution in [0.15, 0.2) is 42.6 Å². The van der Waals surface area contributed by atoms with Crippen LogP contribution in [0, 0.1) is 12.8 Å². The first-order valence-corrected chi connectivity index (χ1v) is 8.87. The number of nitrogens with zero attached hydrogens (tertiary/aromatic N) is 3. The maximum absolute atomic E-state index is 4.80. The fourth-order valence-corrected chi connectivity index (χ4v) is 3.57. The van der Waals surface area contributed by atoms with Gasteiger partial charge in [0.05, 0.1) is 11.9 Å². The first kappa shape index (κ1) is 15.2. The average Bonchev–Trinajstić information content (AvgIpc) is 3.00. The van der Waals surface area contributed by atoms with Gasteiger partial charge in [0, 0.05) is 11.6 Å². The van der Waals surface area contributed by atoms with E-state index in [4.69, 9.17) is 5.10 Å². The normalized spacial score (nSPS) is 21.1. The van der Waals surface area contributed by atoms with Gasteiger partial charge in [-0.1, -0.05) is 30.7 Å². The standard InChI is InChI=1S/C20H24N4/c1-14-6-8-17(9-7-14)22-19-10-11-20-21-13-18(24(20)23-19)16-5-3-4-15(2)12-16/h3-5,10-14,17H,6-9H2,1-2H3,(H,22,23).